The second kappa shape index (κ2) is 7.84. The van der Waals surface area contributed by atoms with Crippen molar-refractivity contribution in [3.05, 3.63) is 77.5 Å². The number of carbonyl (C=O) groups is 1. The minimum Gasteiger partial charge on any atom is -0.461 e. The number of amides is 1. The van der Waals surface area contributed by atoms with Crippen molar-refractivity contribution in [3.63, 3.8) is 0 Å². The summed E-state index contributed by atoms with van der Waals surface area (Å²) in [7, 11) is 0. The number of carbonyl (C=O) groups excluding carboxylic acids is 1. The third-order valence-corrected chi connectivity index (χ3v) is 6.61. The van der Waals surface area contributed by atoms with E-state index in [1.807, 2.05) is 65.6 Å². The highest BCUT2D eigenvalue weighted by molar-refractivity contribution is 7.18. The third-order valence-electron chi connectivity index (χ3n) is 5.47. The lowest BCUT2D eigenvalue weighted by Crippen LogP contribution is -2.30. The Hall–Kier alpha value is -2.92. The van der Waals surface area contributed by atoms with E-state index in [0.717, 1.165) is 47.0 Å². The average molecular weight is 403 g/mol. The molecule has 1 amide bonds. The molecule has 0 radical (unpaired) electrons. The molecule has 0 saturated carbocycles. The zero-order valence-electron chi connectivity index (χ0n) is 16.1. The summed E-state index contributed by atoms with van der Waals surface area (Å²) in [5.41, 5.74) is 2.08. The zero-order chi connectivity index (χ0) is 19.6. The first-order valence-electron chi connectivity index (χ1n) is 10.1. The molecule has 5 rings (SSSR count). The number of nitrogens with zero attached hydrogens (tertiary/aromatic N) is 2. The van der Waals surface area contributed by atoms with Gasteiger partial charge in [-0.05, 0) is 37.1 Å². The maximum atomic E-state index is 13.0. The molecule has 3 heterocycles. The monoisotopic (exact) mass is 402 g/mol. The van der Waals surface area contributed by atoms with Crippen molar-refractivity contribution in [3.8, 4) is 11.3 Å². The van der Waals surface area contributed by atoms with E-state index in [4.69, 9.17) is 9.40 Å². The summed E-state index contributed by atoms with van der Waals surface area (Å²) in [6.07, 6.45) is 3.10. The number of rotatable bonds is 5. The van der Waals surface area contributed by atoms with Crippen LogP contribution in [0.2, 0.25) is 0 Å². The van der Waals surface area contributed by atoms with Gasteiger partial charge in [0.05, 0.1) is 16.3 Å². The van der Waals surface area contributed by atoms with E-state index in [0.29, 0.717) is 12.8 Å². The van der Waals surface area contributed by atoms with Gasteiger partial charge in [0.15, 0.2) is 0 Å². The normalized spacial score (nSPS) is 16.6. The fraction of sp³-hybridized carbons (Fsp3) is 0.250. The second-order valence-corrected chi connectivity index (χ2v) is 8.46. The molecule has 2 aromatic heterocycles. The Labute approximate surface area is 173 Å². The van der Waals surface area contributed by atoms with Crippen molar-refractivity contribution >= 4 is 27.5 Å². The smallest absolute Gasteiger partial charge is 0.223 e. The zero-order valence-corrected chi connectivity index (χ0v) is 16.9. The molecular formula is C24H22N2O2S. The lowest BCUT2D eigenvalue weighted by atomic mass is 10.2. The first-order valence-corrected chi connectivity index (χ1v) is 10.9. The van der Waals surface area contributed by atoms with Crippen LogP contribution in [0.5, 0.6) is 0 Å². The Balaban J connectivity index is 1.26. The summed E-state index contributed by atoms with van der Waals surface area (Å²) in [5.74, 6) is 1.89. The van der Waals surface area contributed by atoms with Crippen LogP contribution in [0.3, 0.4) is 0 Å². The summed E-state index contributed by atoms with van der Waals surface area (Å²) < 4.78 is 7.14. The van der Waals surface area contributed by atoms with Gasteiger partial charge in [0.2, 0.25) is 5.91 Å². The molecule has 0 N–H and O–H groups in total. The molecule has 1 fully saturated rings. The van der Waals surface area contributed by atoms with Gasteiger partial charge in [-0.25, -0.2) is 4.98 Å². The number of aryl methyl sites for hydroxylation is 1. The summed E-state index contributed by atoms with van der Waals surface area (Å²) in [6, 6.07) is 22.3. The highest BCUT2D eigenvalue weighted by atomic mass is 32.1. The van der Waals surface area contributed by atoms with Crippen molar-refractivity contribution in [2.75, 3.05) is 6.54 Å². The van der Waals surface area contributed by atoms with Crippen molar-refractivity contribution in [1.82, 2.24) is 9.88 Å². The topological polar surface area (TPSA) is 46.3 Å². The molecule has 29 heavy (non-hydrogen) atoms. The highest BCUT2D eigenvalue weighted by Gasteiger charge is 2.32. The molecule has 146 valence electrons. The predicted octanol–water partition coefficient (Wildman–Crippen LogP) is 5.85. The van der Waals surface area contributed by atoms with Crippen LogP contribution in [0.15, 0.2) is 71.1 Å². The molecule has 1 aliphatic rings. The summed E-state index contributed by atoms with van der Waals surface area (Å²) in [5, 5.41) is 1.06. The number of aromatic nitrogens is 1. The lowest BCUT2D eigenvalue weighted by molar-refractivity contribution is -0.132. The molecule has 0 bridgehead atoms. The molecule has 0 aliphatic carbocycles. The molecule has 4 aromatic rings. The fourth-order valence-electron chi connectivity index (χ4n) is 4.00. The number of furan rings is 1. The quantitative estimate of drug-likeness (QED) is 0.420. The van der Waals surface area contributed by atoms with Crippen LogP contribution in [-0.2, 0) is 11.2 Å². The first kappa shape index (κ1) is 18.1. The van der Waals surface area contributed by atoms with Crippen LogP contribution in [0.1, 0.15) is 36.1 Å². The third kappa shape index (κ3) is 3.70. The van der Waals surface area contributed by atoms with Gasteiger partial charge in [0.1, 0.15) is 16.5 Å². The number of likely N-dealkylation sites (tertiary alicyclic amines) is 1. The summed E-state index contributed by atoms with van der Waals surface area (Å²) in [6.45, 7) is 0.812. The minimum atomic E-state index is 0.108. The standard InChI is InChI=1S/C24H22N2O2S/c27-23(15-13-18-12-14-21(28-18)17-7-2-1-3-8-17)26-16-6-10-20(26)24-25-19-9-4-5-11-22(19)29-24/h1-5,7-9,11-12,14,20H,6,10,13,15-16H2/t20-/m0/s1. The van der Waals surface area contributed by atoms with E-state index in [9.17, 15) is 4.79 Å². The molecule has 0 spiro atoms. The Kier molecular flexibility index (Phi) is 4.90. The number of hydrogen-bond acceptors (Lipinski definition) is 4. The second-order valence-electron chi connectivity index (χ2n) is 7.40. The van der Waals surface area contributed by atoms with Gasteiger partial charge in [0.25, 0.3) is 0 Å². The van der Waals surface area contributed by atoms with E-state index < -0.39 is 0 Å². The van der Waals surface area contributed by atoms with Gasteiger partial charge in [-0.3, -0.25) is 4.79 Å². The Morgan fingerprint density at radius 1 is 1.07 bits per heavy atom. The largest absolute Gasteiger partial charge is 0.461 e. The fourth-order valence-corrected chi connectivity index (χ4v) is 5.11. The van der Waals surface area contributed by atoms with Crippen LogP contribution in [0.4, 0.5) is 0 Å². The van der Waals surface area contributed by atoms with E-state index in [1.54, 1.807) is 11.3 Å². The van der Waals surface area contributed by atoms with Crippen molar-refractivity contribution < 1.29 is 9.21 Å². The number of fused-ring (bicyclic) bond motifs is 1. The maximum absolute atomic E-state index is 13.0. The van der Waals surface area contributed by atoms with Gasteiger partial charge in [0, 0.05) is 24.9 Å². The predicted molar refractivity (Wildman–Crippen MR) is 116 cm³/mol. The SMILES string of the molecule is O=C(CCc1ccc(-c2ccccc2)o1)N1CCC[C@H]1c1nc2ccccc2s1. The first-order chi connectivity index (χ1) is 14.3. The van der Waals surface area contributed by atoms with Crippen molar-refractivity contribution in [2.24, 2.45) is 0 Å². The average Bonchev–Trinajstić information content (AvgIpc) is 3.51. The Bertz CT molecular complexity index is 1100. The molecular weight excluding hydrogens is 380 g/mol. The highest BCUT2D eigenvalue weighted by Crippen LogP contribution is 2.37. The van der Waals surface area contributed by atoms with Crippen molar-refractivity contribution in [2.45, 2.75) is 31.7 Å². The van der Waals surface area contributed by atoms with Gasteiger partial charge in [-0.2, -0.15) is 0 Å². The minimum absolute atomic E-state index is 0.108. The van der Waals surface area contributed by atoms with Gasteiger partial charge in [-0.1, -0.05) is 42.5 Å². The number of benzene rings is 2. The van der Waals surface area contributed by atoms with E-state index in [-0.39, 0.29) is 11.9 Å². The molecule has 4 nitrogen and oxygen atoms in total. The summed E-state index contributed by atoms with van der Waals surface area (Å²) in [4.78, 5) is 19.8. The lowest BCUT2D eigenvalue weighted by Gasteiger charge is -2.23. The number of hydrogen-bond donors (Lipinski definition) is 0. The molecule has 1 saturated heterocycles. The van der Waals surface area contributed by atoms with E-state index >= 15 is 0 Å². The van der Waals surface area contributed by atoms with E-state index in [1.165, 1.54) is 4.70 Å². The van der Waals surface area contributed by atoms with Gasteiger partial charge in [-0.15, -0.1) is 11.3 Å². The number of para-hydroxylation sites is 1. The molecule has 1 aliphatic heterocycles. The maximum Gasteiger partial charge on any atom is 0.223 e. The van der Waals surface area contributed by atoms with Crippen molar-refractivity contribution in [1.29, 1.82) is 0 Å². The molecule has 5 heteroatoms. The molecule has 2 aromatic carbocycles. The molecule has 1 atom stereocenters. The van der Waals surface area contributed by atoms with Crippen LogP contribution < -0.4 is 0 Å². The Morgan fingerprint density at radius 2 is 1.90 bits per heavy atom. The summed E-state index contributed by atoms with van der Waals surface area (Å²) >= 11 is 1.71. The van der Waals surface area contributed by atoms with Crippen LogP contribution in [-0.4, -0.2) is 22.3 Å². The number of thiazole rings is 1. The van der Waals surface area contributed by atoms with Crippen LogP contribution in [0, 0.1) is 0 Å². The van der Waals surface area contributed by atoms with E-state index in [2.05, 4.69) is 6.07 Å². The van der Waals surface area contributed by atoms with Crippen LogP contribution >= 0.6 is 11.3 Å². The molecule has 0 unspecified atom stereocenters. The van der Waals surface area contributed by atoms with Crippen LogP contribution in [0.25, 0.3) is 21.5 Å². The van der Waals surface area contributed by atoms with Gasteiger partial charge >= 0.3 is 0 Å². The Morgan fingerprint density at radius 3 is 2.76 bits per heavy atom. The van der Waals surface area contributed by atoms with Gasteiger partial charge < -0.3 is 9.32 Å².